The quantitative estimate of drug-likeness (QED) is 0.633. The highest BCUT2D eigenvalue weighted by atomic mass is 32.2. The van der Waals surface area contributed by atoms with Gasteiger partial charge in [0.15, 0.2) is 0 Å². The van der Waals surface area contributed by atoms with Gasteiger partial charge in [0, 0.05) is 6.04 Å². The molecule has 19 heavy (non-hydrogen) atoms. The second-order valence-electron chi connectivity index (χ2n) is 7.17. The maximum Gasteiger partial charge on any atom is 0.0103 e. The Morgan fingerprint density at radius 1 is 1.26 bits per heavy atom. The van der Waals surface area contributed by atoms with Crippen LogP contribution < -0.4 is 5.32 Å². The molecule has 0 radical (unpaired) electrons. The Kier molecular flexibility index (Phi) is 7.83. The molecular weight excluding hydrogens is 250 g/mol. The summed E-state index contributed by atoms with van der Waals surface area (Å²) in [6.07, 6.45) is 10.5. The van der Waals surface area contributed by atoms with Gasteiger partial charge in [-0.05, 0) is 67.9 Å². The van der Waals surface area contributed by atoms with Crippen LogP contribution >= 0.6 is 11.8 Å². The molecule has 1 nitrogen and oxygen atoms in total. The Bertz CT molecular complexity index is 239. The first-order valence-electron chi connectivity index (χ1n) is 8.23. The Balaban J connectivity index is 2.58. The van der Waals surface area contributed by atoms with E-state index in [0.29, 0.717) is 5.41 Å². The molecule has 0 heterocycles. The second-order valence-corrected chi connectivity index (χ2v) is 8.16. The van der Waals surface area contributed by atoms with Crippen molar-refractivity contribution in [3.8, 4) is 0 Å². The fourth-order valence-electron chi connectivity index (χ4n) is 3.73. The summed E-state index contributed by atoms with van der Waals surface area (Å²) in [5, 5.41) is 3.84. The molecule has 114 valence electrons. The minimum absolute atomic E-state index is 0.501. The van der Waals surface area contributed by atoms with Gasteiger partial charge in [-0.15, -0.1) is 0 Å². The zero-order chi connectivity index (χ0) is 14.3. The molecular formula is C17H35NS. The lowest BCUT2D eigenvalue weighted by molar-refractivity contribution is 0.0863. The third-order valence-corrected chi connectivity index (χ3v) is 5.64. The zero-order valence-corrected chi connectivity index (χ0v) is 14.6. The van der Waals surface area contributed by atoms with E-state index in [-0.39, 0.29) is 0 Å². The Morgan fingerprint density at radius 3 is 2.63 bits per heavy atom. The number of hydrogen-bond donors (Lipinski definition) is 1. The fraction of sp³-hybridized carbons (Fsp3) is 1.00. The SMILES string of the molecule is CCCNC1CC(C)CCC1C(C)(C)CCCSC. The molecule has 0 spiro atoms. The number of hydrogen-bond acceptors (Lipinski definition) is 2. The van der Waals surface area contributed by atoms with E-state index in [1.165, 1.54) is 50.8 Å². The van der Waals surface area contributed by atoms with Crippen LogP contribution in [0.3, 0.4) is 0 Å². The largest absolute Gasteiger partial charge is 0.314 e. The van der Waals surface area contributed by atoms with Crippen LogP contribution in [-0.4, -0.2) is 24.6 Å². The molecule has 3 atom stereocenters. The first-order chi connectivity index (χ1) is 9.01. The lowest BCUT2D eigenvalue weighted by atomic mass is 9.64. The first kappa shape index (κ1) is 17.4. The van der Waals surface area contributed by atoms with E-state index in [4.69, 9.17) is 0 Å². The Hall–Kier alpha value is 0.310. The van der Waals surface area contributed by atoms with Crippen LogP contribution in [0.1, 0.15) is 66.2 Å². The van der Waals surface area contributed by atoms with Crippen molar-refractivity contribution in [3.63, 3.8) is 0 Å². The van der Waals surface area contributed by atoms with Crippen molar-refractivity contribution in [2.45, 2.75) is 72.3 Å². The Morgan fingerprint density at radius 2 is 2.00 bits per heavy atom. The van der Waals surface area contributed by atoms with Crippen LogP contribution in [0.5, 0.6) is 0 Å². The summed E-state index contributed by atoms with van der Waals surface area (Å²) in [5.41, 5.74) is 0.501. The highest BCUT2D eigenvalue weighted by Gasteiger charge is 2.38. The van der Waals surface area contributed by atoms with Gasteiger partial charge in [0.25, 0.3) is 0 Å². The van der Waals surface area contributed by atoms with Crippen molar-refractivity contribution >= 4 is 11.8 Å². The lowest BCUT2D eigenvalue weighted by Crippen LogP contribution is -2.47. The third kappa shape index (κ3) is 5.67. The van der Waals surface area contributed by atoms with Crippen LogP contribution in [0.15, 0.2) is 0 Å². The van der Waals surface area contributed by atoms with E-state index in [0.717, 1.165) is 17.9 Å². The minimum atomic E-state index is 0.501. The maximum absolute atomic E-state index is 3.84. The summed E-state index contributed by atoms with van der Waals surface area (Å²) in [6, 6.07) is 0.757. The highest BCUT2D eigenvalue weighted by molar-refractivity contribution is 7.98. The molecule has 3 unspecified atom stereocenters. The maximum atomic E-state index is 3.84. The van der Waals surface area contributed by atoms with Crippen molar-refractivity contribution in [2.75, 3.05) is 18.6 Å². The highest BCUT2D eigenvalue weighted by Crippen LogP contribution is 2.43. The topological polar surface area (TPSA) is 12.0 Å². The molecule has 2 heteroatoms. The molecule has 0 saturated heterocycles. The summed E-state index contributed by atoms with van der Waals surface area (Å²) in [4.78, 5) is 0. The van der Waals surface area contributed by atoms with E-state index in [1.807, 2.05) is 11.8 Å². The predicted octanol–water partition coefficient (Wildman–Crippen LogP) is 4.96. The molecule has 1 rings (SSSR count). The van der Waals surface area contributed by atoms with Crippen molar-refractivity contribution in [1.29, 1.82) is 0 Å². The van der Waals surface area contributed by atoms with Crippen molar-refractivity contribution in [1.82, 2.24) is 5.32 Å². The summed E-state index contributed by atoms with van der Waals surface area (Å²) < 4.78 is 0. The van der Waals surface area contributed by atoms with E-state index in [2.05, 4.69) is 39.3 Å². The normalized spacial score (nSPS) is 28.6. The van der Waals surface area contributed by atoms with Crippen LogP contribution in [0, 0.1) is 17.3 Å². The number of rotatable bonds is 8. The monoisotopic (exact) mass is 285 g/mol. The predicted molar refractivity (Wildman–Crippen MR) is 90.0 cm³/mol. The molecule has 0 bridgehead atoms. The molecule has 0 aromatic carbocycles. The van der Waals surface area contributed by atoms with E-state index < -0.39 is 0 Å². The molecule has 1 N–H and O–H groups in total. The molecule has 1 saturated carbocycles. The molecule has 0 aliphatic heterocycles. The third-order valence-electron chi connectivity index (χ3n) is 4.94. The molecule has 1 aliphatic rings. The summed E-state index contributed by atoms with van der Waals surface area (Å²) in [7, 11) is 0. The average molecular weight is 286 g/mol. The molecule has 0 aromatic rings. The van der Waals surface area contributed by atoms with Crippen LogP contribution in [0.25, 0.3) is 0 Å². The van der Waals surface area contributed by atoms with Crippen molar-refractivity contribution < 1.29 is 0 Å². The van der Waals surface area contributed by atoms with Gasteiger partial charge in [0.2, 0.25) is 0 Å². The lowest BCUT2D eigenvalue weighted by Gasteiger charge is -2.45. The molecule has 0 amide bonds. The Labute approximate surface area is 125 Å². The summed E-state index contributed by atoms with van der Waals surface area (Å²) in [6.45, 7) is 10.9. The molecule has 0 aromatic heterocycles. The van der Waals surface area contributed by atoms with Gasteiger partial charge < -0.3 is 5.32 Å². The molecule has 1 aliphatic carbocycles. The van der Waals surface area contributed by atoms with Gasteiger partial charge in [-0.3, -0.25) is 0 Å². The van der Waals surface area contributed by atoms with Gasteiger partial charge in [0.05, 0.1) is 0 Å². The standard InChI is InChI=1S/C17H35NS/c1-6-11-18-16-13-14(2)8-9-15(16)17(3,4)10-7-12-19-5/h14-16,18H,6-13H2,1-5H3. The van der Waals surface area contributed by atoms with Crippen molar-refractivity contribution in [2.24, 2.45) is 17.3 Å². The van der Waals surface area contributed by atoms with Gasteiger partial charge in [-0.1, -0.05) is 34.1 Å². The first-order valence-corrected chi connectivity index (χ1v) is 9.63. The minimum Gasteiger partial charge on any atom is -0.314 e. The van der Waals surface area contributed by atoms with Gasteiger partial charge in [0.1, 0.15) is 0 Å². The fourth-order valence-corrected chi connectivity index (χ4v) is 4.16. The average Bonchev–Trinajstić information content (AvgIpc) is 2.36. The van der Waals surface area contributed by atoms with E-state index >= 15 is 0 Å². The van der Waals surface area contributed by atoms with E-state index in [9.17, 15) is 0 Å². The number of thioether (sulfide) groups is 1. The van der Waals surface area contributed by atoms with Gasteiger partial charge in [-0.25, -0.2) is 0 Å². The summed E-state index contributed by atoms with van der Waals surface area (Å²) in [5.74, 6) is 3.10. The second kappa shape index (κ2) is 8.56. The van der Waals surface area contributed by atoms with Crippen LogP contribution in [0.2, 0.25) is 0 Å². The van der Waals surface area contributed by atoms with E-state index in [1.54, 1.807) is 0 Å². The van der Waals surface area contributed by atoms with Gasteiger partial charge in [-0.2, -0.15) is 11.8 Å². The van der Waals surface area contributed by atoms with Crippen LogP contribution in [-0.2, 0) is 0 Å². The number of nitrogens with one attached hydrogen (secondary N) is 1. The van der Waals surface area contributed by atoms with Crippen molar-refractivity contribution in [3.05, 3.63) is 0 Å². The summed E-state index contributed by atoms with van der Waals surface area (Å²) >= 11 is 1.99. The van der Waals surface area contributed by atoms with Crippen LogP contribution in [0.4, 0.5) is 0 Å². The zero-order valence-electron chi connectivity index (χ0n) is 13.8. The van der Waals surface area contributed by atoms with Gasteiger partial charge >= 0.3 is 0 Å². The molecule has 1 fully saturated rings. The smallest absolute Gasteiger partial charge is 0.0103 e.